The Hall–Kier alpha value is -2.62. The highest BCUT2D eigenvalue weighted by Crippen LogP contribution is 2.26. The first kappa shape index (κ1) is 14.8. The van der Waals surface area contributed by atoms with Crippen LogP contribution < -0.4 is 4.74 Å². The maximum atomic E-state index is 9.12. The summed E-state index contributed by atoms with van der Waals surface area (Å²) in [5, 5.41) is 14.5. The minimum atomic E-state index is -0.400. The molecule has 0 bridgehead atoms. The molecule has 21 heavy (non-hydrogen) atoms. The van der Waals surface area contributed by atoms with Gasteiger partial charge in [0.15, 0.2) is 0 Å². The van der Waals surface area contributed by atoms with Gasteiger partial charge >= 0.3 is 0 Å². The van der Waals surface area contributed by atoms with E-state index < -0.39 is 6.10 Å². The van der Waals surface area contributed by atoms with E-state index in [2.05, 4.69) is 25.5 Å². The molecule has 0 saturated heterocycles. The number of nitrogens with zero attached hydrogens (tertiary/aromatic N) is 6. The number of pyridine rings is 1. The molecule has 0 aliphatic carbocycles. The average molecular weight is 300 g/mol. The van der Waals surface area contributed by atoms with Crippen molar-refractivity contribution in [2.45, 2.75) is 19.4 Å². The number of aryl methyl sites for hydroxylation is 1. The van der Waals surface area contributed by atoms with Crippen LogP contribution in [0, 0.1) is 18.3 Å². The molecule has 7 nitrogen and oxygen atoms in total. The van der Waals surface area contributed by atoms with Gasteiger partial charge in [-0.2, -0.15) is 9.64 Å². The third-order valence-electron chi connectivity index (χ3n) is 2.72. The van der Waals surface area contributed by atoms with Gasteiger partial charge in [-0.15, -0.1) is 0 Å². The van der Waals surface area contributed by atoms with Crippen molar-refractivity contribution in [1.29, 1.82) is 5.26 Å². The van der Waals surface area contributed by atoms with E-state index >= 15 is 0 Å². The molecule has 0 aromatic carbocycles. The lowest BCUT2D eigenvalue weighted by Crippen LogP contribution is -2.11. The molecule has 2 aromatic heterocycles. The van der Waals surface area contributed by atoms with E-state index in [0.29, 0.717) is 12.0 Å². The summed E-state index contributed by atoms with van der Waals surface area (Å²) in [6.07, 6.45) is 0.0667. The Balaban J connectivity index is 2.24. The average Bonchev–Trinajstić information content (AvgIpc) is 3.01. The van der Waals surface area contributed by atoms with Crippen LogP contribution in [0.25, 0.3) is 10.4 Å². The lowest BCUT2D eigenvalue weighted by Gasteiger charge is -2.16. The number of hydrogen-bond donors (Lipinski definition) is 0. The van der Waals surface area contributed by atoms with Gasteiger partial charge < -0.3 is 4.74 Å². The first-order valence-corrected chi connectivity index (χ1v) is 7.03. The van der Waals surface area contributed by atoms with E-state index in [4.69, 9.17) is 15.5 Å². The van der Waals surface area contributed by atoms with Crippen LogP contribution >= 0.6 is 11.5 Å². The zero-order valence-electron chi connectivity index (χ0n) is 11.3. The molecule has 0 aliphatic rings. The molecular formula is C13H12N6OS. The van der Waals surface area contributed by atoms with E-state index in [1.807, 2.05) is 18.4 Å². The fourth-order valence-corrected chi connectivity index (χ4v) is 2.28. The summed E-state index contributed by atoms with van der Waals surface area (Å²) in [4.78, 5) is 6.98. The standard InChI is InChI=1S/C13H12N6OS/c1-9-2-3-10(8-14)13(17-9)20-12(4-6-16-19-15)11-5-7-21-18-11/h2-3,5,7,12H,4,6H2,1H3. The highest BCUT2D eigenvalue weighted by molar-refractivity contribution is 7.03. The molecule has 8 heteroatoms. The van der Waals surface area contributed by atoms with Crippen LogP contribution in [0.15, 0.2) is 28.7 Å². The minimum Gasteiger partial charge on any atom is -0.467 e. The Morgan fingerprint density at radius 1 is 1.52 bits per heavy atom. The predicted octanol–water partition coefficient (Wildman–Crippen LogP) is 3.54. The van der Waals surface area contributed by atoms with Gasteiger partial charge in [-0.25, -0.2) is 4.98 Å². The molecule has 0 saturated carbocycles. The van der Waals surface area contributed by atoms with E-state index in [1.165, 1.54) is 11.5 Å². The second-order valence-electron chi connectivity index (χ2n) is 4.19. The molecular weight excluding hydrogens is 288 g/mol. The molecule has 2 rings (SSSR count). The van der Waals surface area contributed by atoms with E-state index in [1.54, 1.807) is 12.1 Å². The SMILES string of the molecule is Cc1ccc(C#N)c(OC(CCN=[N+]=[N-])c2ccsn2)n1. The molecule has 2 heterocycles. The van der Waals surface area contributed by atoms with Gasteiger partial charge in [0.2, 0.25) is 5.88 Å². The van der Waals surface area contributed by atoms with Crippen molar-refractivity contribution in [1.82, 2.24) is 9.36 Å². The largest absolute Gasteiger partial charge is 0.467 e. The van der Waals surface area contributed by atoms with E-state index in [-0.39, 0.29) is 12.4 Å². The van der Waals surface area contributed by atoms with Gasteiger partial charge in [0, 0.05) is 22.5 Å². The molecule has 1 unspecified atom stereocenters. The Bertz CT molecular complexity index is 687. The number of rotatable bonds is 6. The Morgan fingerprint density at radius 2 is 2.38 bits per heavy atom. The van der Waals surface area contributed by atoms with Crippen LogP contribution in [0.4, 0.5) is 0 Å². The van der Waals surface area contributed by atoms with Gasteiger partial charge in [0.1, 0.15) is 17.7 Å². The number of azide groups is 1. The maximum absolute atomic E-state index is 9.12. The highest BCUT2D eigenvalue weighted by atomic mass is 32.1. The van der Waals surface area contributed by atoms with Gasteiger partial charge in [-0.05, 0) is 48.6 Å². The third-order valence-corrected chi connectivity index (χ3v) is 3.29. The second kappa shape index (κ2) is 7.24. The van der Waals surface area contributed by atoms with Crippen molar-refractivity contribution >= 4 is 11.5 Å². The summed E-state index contributed by atoms with van der Waals surface area (Å²) >= 11 is 1.31. The zero-order chi connectivity index (χ0) is 15.1. The monoisotopic (exact) mass is 300 g/mol. The van der Waals surface area contributed by atoms with Crippen molar-refractivity contribution in [3.63, 3.8) is 0 Å². The number of hydrogen-bond acceptors (Lipinski definition) is 6. The number of ether oxygens (including phenoxy) is 1. The van der Waals surface area contributed by atoms with Gasteiger partial charge in [-0.3, -0.25) is 0 Å². The molecule has 0 spiro atoms. The molecule has 0 N–H and O–H groups in total. The third kappa shape index (κ3) is 3.92. The van der Waals surface area contributed by atoms with Crippen LogP contribution in [0.5, 0.6) is 5.88 Å². The second-order valence-corrected chi connectivity index (χ2v) is 4.86. The maximum Gasteiger partial charge on any atom is 0.232 e. The van der Waals surface area contributed by atoms with Crippen molar-refractivity contribution in [2.24, 2.45) is 5.11 Å². The highest BCUT2D eigenvalue weighted by Gasteiger charge is 2.18. The summed E-state index contributed by atoms with van der Waals surface area (Å²) in [5.41, 5.74) is 10.2. The topological polar surface area (TPSA) is 108 Å². The summed E-state index contributed by atoms with van der Waals surface area (Å²) < 4.78 is 10.1. The smallest absolute Gasteiger partial charge is 0.232 e. The lowest BCUT2D eigenvalue weighted by molar-refractivity contribution is 0.185. The fraction of sp³-hybridized carbons (Fsp3) is 0.308. The van der Waals surface area contributed by atoms with Crippen LogP contribution in [0.2, 0.25) is 0 Å². The van der Waals surface area contributed by atoms with Crippen LogP contribution in [-0.2, 0) is 0 Å². The normalized spacial score (nSPS) is 11.2. The summed E-state index contributed by atoms with van der Waals surface area (Å²) in [7, 11) is 0. The fourth-order valence-electron chi connectivity index (χ4n) is 1.72. The van der Waals surface area contributed by atoms with Crippen molar-refractivity contribution in [2.75, 3.05) is 6.54 Å². The lowest BCUT2D eigenvalue weighted by atomic mass is 10.2. The summed E-state index contributed by atoms with van der Waals surface area (Å²) in [6.45, 7) is 2.11. The Kier molecular flexibility index (Phi) is 5.10. The van der Waals surface area contributed by atoms with Crippen molar-refractivity contribution < 1.29 is 4.74 Å². The molecule has 0 fully saturated rings. The molecule has 0 amide bonds. The molecule has 2 aromatic rings. The van der Waals surface area contributed by atoms with E-state index in [9.17, 15) is 0 Å². The van der Waals surface area contributed by atoms with Crippen molar-refractivity contribution in [3.8, 4) is 11.9 Å². The number of nitriles is 1. The van der Waals surface area contributed by atoms with Gasteiger partial charge in [-0.1, -0.05) is 5.11 Å². The van der Waals surface area contributed by atoms with Gasteiger partial charge in [0.05, 0.1) is 5.69 Å². The molecule has 106 valence electrons. The first-order valence-electron chi connectivity index (χ1n) is 6.20. The summed E-state index contributed by atoms with van der Waals surface area (Å²) in [6, 6.07) is 7.32. The van der Waals surface area contributed by atoms with Crippen LogP contribution in [0.3, 0.4) is 0 Å². The molecule has 1 atom stereocenters. The number of aromatic nitrogens is 2. The summed E-state index contributed by atoms with van der Waals surface area (Å²) in [5.74, 6) is 0.274. The molecule has 0 aliphatic heterocycles. The van der Waals surface area contributed by atoms with Gasteiger partial charge in [0.25, 0.3) is 0 Å². The Labute approximate surface area is 125 Å². The zero-order valence-corrected chi connectivity index (χ0v) is 12.1. The predicted molar refractivity (Wildman–Crippen MR) is 77.8 cm³/mol. The first-order chi connectivity index (χ1) is 10.2. The molecule has 0 radical (unpaired) electrons. The minimum absolute atomic E-state index is 0.274. The quantitative estimate of drug-likeness (QED) is 0.461. The van der Waals surface area contributed by atoms with Crippen LogP contribution in [0.1, 0.15) is 29.5 Å². The Morgan fingerprint density at radius 3 is 3.05 bits per heavy atom. The van der Waals surface area contributed by atoms with E-state index in [0.717, 1.165) is 11.4 Å². The van der Waals surface area contributed by atoms with Crippen LogP contribution in [-0.4, -0.2) is 15.9 Å². The van der Waals surface area contributed by atoms with Crippen molar-refractivity contribution in [3.05, 3.63) is 51.0 Å².